The maximum Gasteiger partial charge on any atom is 0.311 e. The molecule has 0 heterocycles. The summed E-state index contributed by atoms with van der Waals surface area (Å²) in [5, 5.41) is 11.6. The molecule has 0 fully saturated rings. The Hall–Kier alpha value is -3.07. The van der Waals surface area contributed by atoms with Gasteiger partial charge >= 0.3 is 5.97 Å². The number of carbonyl (C=O) groups excluding carboxylic acids is 2. The molecule has 0 aliphatic carbocycles. The lowest BCUT2D eigenvalue weighted by Gasteiger charge is -2.09. The van der Waals surface area contributed by atoms with Gasteiger partial charge in [0.05, 0.1) is 7.11 Å². The molecular weight excluding hydrogens is 296 g/mol. The van der Waals surface area contributed by atoms with Gasteiger partial charge < -0.3 is 14.8 Å². The molecule has 0 atom stereocenters. The number of nitrogens with zero attached hydrogens (tertiary/aromatic N) is 1. The number of methoxy groups -OCH3 is 1. The van der Waals surface area contributed by atoms with Crippen LogP contribution in [0.15, 0.2) is 36.4 Å². The molecule has 1 rings (SSSR count). The van der Waals surface area contributed by atoms with E-state index in [0.29, 0.717) is 11.3 Å². The van der Waals surface area contributed by atoms with Gasteiger partial charge in [-0.1, -0.05) is 19.1 Å². The monoisotopic (exact) mass is 314 g/mol. The first-order valence-corrected chi connectivity index (χ1v) is 6.95. The Morgan fingerprint density at radius 1 is 1.39 bits per heavy atom. The second-order valence-electron chi connectivity index (χ2n) is 4.41. The van der Waals surface area contributed by atoms with Crippen molar-refractivity contribution in [2.75, 3.05) is 13.7 Å². The summed E-state index contributed by atoms with van der Waals surface area (Å²) in [5.41, 5.74) is 0.524. The second kappa shape index (κ2) is 9.05. The van der Waals surface area contributed by atoms with Crippen LogP contribution in [0.2, 0.25) is 0 Å². The van der Waals surface area contributed by atoms with E-state index in [-0.39, 0.29) is 30.3 Å². The first kappa shape index (κ1) is 18.0. The largest absolute Gasteiger partial charge is 0.493 e. The highest BCUT2D eigenvalue weighted by Crippen LogP contribution is 2.29. The van der Waals surface area contributed by atoms with Crippen LogP contribution in [0.5, 0.6) is 11.5 Å². The summed E-state index contributed by atoms with van der Waals surface area (Å²) in [5.74, 6) is -0.253. The minimum atomic E-state index is -0.493. The van der Waals surface area contributed by atoms with Crippen LogP contribution in [-0.4, -0.2) is 25.5 Å². The summed E-state index contributed by atoms with van der Waals surface area (Å²) in [6, 6.07) is 6.60. The fraction of sp³-hybridized carbons (Fsp3) is 0.235. The molecule has 1 aromatic rings. The van der Waals surface area contributed by atoms with Crippen LogP contribution in [0.25, 0.3) is 6.08 Å². The van der Waals surface area contributed by atoms with E-state index in [1.165, 1.54) is 19.3 Å². The van der Waals surface area contributed by atoms with Crippen molar-refractivity contribution in [1.82, 2.24) is 5.32 Å². The molecule has 6 nitrogen and oxygen atoms in total. The fourth-order valence-corrected chi connectivity index (χ4v) is 1.63. The van der Waals surface area contributed by atoms with E-state index >= 15 is 0 Å². The predicted octanol–water partition coefficient (Wildman–Crippen LogP) is 2.22. The van der Waals surface area contributed by atoms with Gasteiger partial charge in [-0.2, -0.15) is 5.26 Å². The zero-order valence-corrected chi connectivity index (χ0v) is 13.1. The van der Waals surface area contributed by atoms with Gasteiger partial charge in [0.2, 0.25) is 0 Å². The summed E-state index contributed by atoms with van der Waals surface area (Å²) >= 11 is 0. The van der Waals surface area contributed by atoms with Gasteiger partial charge in [-0.15, -0.1) is 6.58 Å². The number of hydrogen-bond donors (Lipinski definition) is 1. The Kier molecular flexibility index (Phi) is 7.08. The van der Waals surface area contributed by atoms with E-state index < -0.39 is 5.91 Å². The number of esters is 1. The van der Waals surface area contributed by atoms with E-state index in [1.54, 1.807) is 25.1 Å². The highest BCUT2D eigenvalue weighted by atomic mass is 16.6. The van der Waals surface area contributed by atoms with Crippen LogP contribution < -0.4 is 14.8 Å². The molecule has 1 N–H and O–H groups in total. The molecule has 120 valence electrons. The number of nitriles is 1. The van der Waals surface area contributed by atoms with Crippen molar-refractivity contribution in [3.63, 3.8) is 0 Å². The van der Waals surface area contributed by atoms with Crippen LogP contribution in [0.4, 0.5) is 0 Å². The standard InChI is InChI=1S/C17H18N2O4/c1-4-8-19-17(21)13(11-18)9-12-6-7-14(15(10-12)22-3)23-16(20)5-2/h4,6-7,9-10H,1,5,8H2,2-3H3,(H,19,21)/b13-9-. The summed E-state index contributed by atoms with van der Waals surface area (Å²) < 4.78 is 10.3. The Bertz CT molecular complexity index is 672. The minimum absolute atomic E-state index is 0.0489. The lowest BCUT2D eigenvalue weighted by molar-refractivity contribution is -0.134. The molecule has 0 aromatic heterocycles. The third-order valence-electron chi connectivity index (χ3n) is 2.78. The zero-order chi connectivity index (χ0) is 17.2. The van der Waals surface area contributed by atoms with Crippen LogP contribution >= 0.6 is 0 Å². The highest BCUT2D eigenvalue weighted by molar-refractivity contribution is 6.01. The molecular formula is C17H18N2O4. The molecule has 0 unspecified atom stereocenters. The molecule has 0 aliphatic heterocycles. The fourth-order valence-electron chi connectivity index (χ4n) is 1.63. The Balaban J connectivity index is 3.06. The lowest BCUT2D eigenvalue weighted by Crippen LogP contribution is -2.24. The van der Waals surface area contributed by atoms with E-state index in [2.05, 4.69) is 11.9 Å². The Labute approximate surface area is 135 Å². The van der Waals surface area contributed by atoms with Gasteiger partial charge in [0, 0.05) is 13.0 Å². The van der Waals surface area contributed by atoms with Crippen molar-refractivity contribution in [3.8, 4) is 17.6 Å². The molecule has 1 amide bonds. The quantitative estimate of drug-likeness (QED) is 0.274. The molecule has 6 heteroatoms. The summed E-state index contributed by atoms with van der Waals surface area (Å²) in [6.45, 7) is 5.45. The molecule has 0 bridgehead atoms. The summed E-state index contributed by atoms with van der Waals surface area (Å²) in [4.78, 5) is 23.1. The number of benzene rings is 1. The van der Waals surface area contributed by atoms with Crippen LogP contribution in [0.1, 0.15) is 18.9 Å². The topological polar surface area (TPSA) is 88.4 Å². The first-order valence-electron chi connectivity index (χ1n) is 6.95. The van der Waals surface area contributed by atoms with Gasteiger partial charge in [-0.05, 0) is 23.8 Å². The number of nitrogens with one attached hydrogen (secondary N) is 1. The molecule has 0 saturated carbocycles. The van der Waals surface area contributed by atoms with Gasteiger partial charge in [0.25, 0.3) is 5.91 Å². The number of hydrogen-bond acceptors (Lipinski definition) is 5. The summed E-state index contributed by atoms with van der Waals surface area (Å²) in [7, 11) is 1.44. The average Bonchev–Trinajstić information content (AvgIpc) is 2.58. The number of rotatable bonds is 7. The van der Waals surface area contributed by atoms with Gasteiger partial charge in [-0.25, -0.2) is 0 Å². The lowest BCUT2D eigenvalue weighted by atomic mass is 10.1. The first-order chi connectivity index (χ1) is 11.0. The second-order valence-corrected chi connectivity index (χ2v) is 4.41. The van der Waals surface area contributed by atoms with E-state index in [1.807, 2.05) is 6.07 Å². The van der Waals surface area contributed by atoms with Gasteiger partial charge in [0.15, 0.2) is 11.5 Å². The van der Waals surface area contributed by atoms with Crippen LogP contribution in [-0.2, 0) is 9.59 Å². The molecule has 0 aliphatic rings. The molecule has 0 radical (unpaired) electrons. The van der Waals surface area contributed by atoms with Crippen molar-refractivity contribution in [2.45, 2.75) is 13.3 Å². The maximum atomic E-state index is 11.8. The zero-order valence-electron chi connectivity index (χ0n) is 13.1. The third-order valence-corrected chi connectivity index (χ3v) is 2.78. The summed E-state index contributed by atoms with van der Waals surface area (Å²) in [6.07, 6.45) is 3.19. The van der Waals surface area contributed by atoms with Crippen molar-refractivity contribution in [1.29, 1.82) is 5.26 Å². The van der Waals surface area contributed by atoms with Crippen molar-refractivity contribution >= 4 is 18.0 Å². The smallest absolute Gasteiger partial charge is 0.311 e. The molecule has 0 saturated heterocycles. The molecule has 0 spiro atoms. The number of amides is 1. The normalized spacial score (nSPS) is 10.4. The van der Waals surface area contributed by atoms with Gasteiger partial charge in [-0.3, -0.25) is 9.59 Å². The minimum Gasteiger partial charge on any atom is -0.493 e. The van der Waals surface area contributed by atoms with Gasteiger partial charge in [0.1, 0.15) is 11.6 Å². The SMILES string of the molecule is C=CCNC(=O)/C(C#N)=C\c1ccc(OC(=O)CC)c(OC)c1. The molecule has 1 aromatic carbocycles. The van der Waals surface area contributed by atoms with Crippen molar-refractivity contribution in [3.05, 3.63) is 42.0 Å². The van der Waals surface area contributed by atoms with E-state index in [0.717, 1.165) is 0 Å². The highest BCUT2D eigenvalue weighted by Gasteiger charge is 2.11. The van der Waals surface area contributed by atoms with Crippen LogP contribution in [0.3, 0.4) is 0 Å². The van der Waals surface area contributed by atoms with E-state index in [9.17, 15) is 9.59 Å². The molecule has 23 heavy (non-hydrogen) atoms. The Morgan fingerprint density at radius 2 is 2.13 bits per heavy atom. The number of ether oxygens (including phenoxy) is 2. The third kappa shape index (κ3) is 5.32. The Morgan fingerprint density at radius 3 is 2.70 bits per heavy atom. The maximum absolute atomic E-state index is 11.8. The average molecular weight is 314 g/mol. The number of carbonyl (C=O) groups is 2. The van der Waals surface area contributed by atoms with Crippen molar-refractivity contribution < 1.29 is 19.1 Å². The predicted molar refractivity (Wildman–Crippen MR) is 85.7 cm³/mol. The van der Waals surface area contributed by atoms with Crippen LogP contribution in [0, 0.1) is 11.3 Å². The van der Waals surface area contributed by atoms with E-state index in [4.69, 9.17) is 14.7 Å². The van der Waals surface area contributed by atoms with Crippen molar-refractivity contribution in [2.24, 2.45) is 0 Å².